The maximum atomic E-state index is 13.1. The van der Waals surface area contributed by atoms with Crippen molar-refractivity contribution >= 4 is 46.9 Å². The Hall–Kier alpha value is -4.21. The van der Waals surface area contributed by atoms with Gasteiger partial charge in [0.1, 0.15) is 11.5 Å². The molecule has 5 rings (SSSR count). The number of nitrogens with zero attached hydrogens (tertiary/aromatic N) is 4. The molecule has 0 bridgehead atoms. The number of furan rings is 1. The summed E-state index contributed by atoms with van der Waals surface area (Å²) in [5, 5.41) is 15.1. The first kappa shape index (κ1) is 25.4. The second kappa shape index (κ2) is 10.3. The molecule has 2 aromatic carbocycles. The van der Waals surface area contributed by atoms with E-state index in [9.17, 15) is 19.5 Å². The van der Waals surface area contributed by atoms with Crippen molar-refractivity contribution < 1.29 is 23.9 Å². The lowest BCUT2D eigenvalue weighted by atomic mass is 10.1. The van der Waals surface area contributed by atoms with Crippen molar-refractivity contribution in [3.63, 3.8) is 0 Å². The summed E-state index contributed by atoms with van der Waals surface area (Å²) in [5.41, 5.74) is 2.32. The number of carbonyl (C=O) groups is 3. The van der Waals surface area contributed by atoms with Crippen LogP contribution in [0, 0.1) is 0 Å². The molecule has 1 fully saturated rings. The van der Waals surface area contributed by atoms with Crippen LogP contribution in [0.3, 0.4) is 0 Å². The Labute approximate surface area is 224 Å². The molecule has 2 aliphatic rings. The number of halogens is 1. The van der Waals surface area contributed by atoms with Gasteiger partial charge in [0.2, 0.25) is 0 Å². The van der Waals surface area contributed by atoms with Crippen molar-refractivity contribution in [1.29, 1.82) is 0 Å². The number of carbonyl (C=O) groups excluding carboxylic acids is 2. The van der Waals surface area contributed by atoms with Crippen LogP contribution in [0.25, 0.3) is 17.4 Å². The third-order valence-electron chi connectivity index (χ3n) is 6.59. The molecule has 10 heteroatoms. The van der Waals surface area contributed by atoms with Crippen LogP contribution in [0.5, 0.6) is 0 Å². The van der Waals surface area contributed by atoms with Gasteiger partial charge in [-0.1, -0.05) is 17.7 Å². The summed E-state index contributed by atoms with van der Waals surface area (Å²) < 4.78 is 6.00. The number of hydrogen-bond donors (Lipinski definition) is 1. The summed E-state index contributed by atoms with van der Waals surface area (Å²) in [7, 11) is 2.03. The van der Waals surface area contributed by atoms with Crippen molar-refractivity contribution in [3.8, 4) is 11.3 Å². The first-order chi connectivity index (χ1) is 18.2. The Balaban J connectivity index is 1.37. The lowest BCUT2D eigenvalue weighted by Crippen LogP contribution is -2.47. The topological polar surface area (TPSA) is 107 Å². The summed E-state index contributed by atoms with van der Waals surface area (Å²) >= 11 is 6.38. The van der Waals surface area contributed by atoms with Gasteiger partial charge in [0.15, 0.2) is 0 Å². The van der Waals surface area contributed by atoms with E-state index in [1.807, 2.05) is 7.05 Å². The molecule has 0 aliphatic carbocycles. The maximum absolute atomic E-state index is 13.1. The first-order valence-electron chi connectivity index (χ1n) is 12.0. The Bertz CT molecular complexity index is 1500. The molecule has 0 atom stereocenters. The maximum Gasteiger partial charge on any atom is 0.335 e. The van der Waals surface area contributed by atoms with Gasteiger partial charge in [-0.2, -0.15) is 10.1 Å². The number of benzene rings is 2. The minimum absolute atomic E-state index is 0.0599. The number of piperazine rings is 1. The highest BCUT2D eigenvalue weighted by Gasteiger charge is 2.29. The van der Waals surface area contributed by atoms with Crippen LogP contribution in [-0.2, 0) is 4.79 Å². The zero-order valence-electron chi connectivity index (χ0n) is 20.8. The van der Waals surface area contributed by atoms with Crippen molar-refractivity contribution in [2.24, 2.45) is 5.10 Å². The zero-order valence-corrected chi connectivity index (χ0v) is 21.6. The number of hydrogen-bond acceptors (Lipinski definition) is 6. The molecule has 1 aromatic heterocycles. The minimum Gasteiger partial charge on any atom is -0.478 e. The smallest absolute Gasteiger partial charge is 0.335 e. The summed E-state index contributed by atoms with van der Waals surface area (Å²) in [6.45, 7) is 4.60. The molecule has 9 nitrogen and oxygen atoms in total. The number of anilines is 1. The van der Waals surface area contributed by atoms with Gasteiger partial charge in [0.25, 0.3) is 11.8 Å². The lowest BCUT2D eigenvalue weighted by molar-refractivity contribution is -0.114. The quantitative estimate of drug-likeness (QED) is 0.485. The normalized spacial score (nSPS) is 17.3. The van der Waals surface area contributed by atoms with E-state index in [-0.39, 0.29) is 11.5 Å². The molecule has 38 heavy (non-hydrogen) atoms. The number of carboxylic acids is 1. The molecule has 1 saturated heterocycles. The van der Waals surface area contributed by atoms with Crippen molar-refractivity contribution in [1.82, 2.24) is 9.80 Å². The molecule has 0 spiro atoms. The zero-order chi connectivity index (χ0) is 27.0. The number of amides is 2. The summed E-state index contributed by atoms with van der Waals surface area (Å²) in [4.78, 5) is 41.5. The van der Waals surface area contributed by atoms with E-state index in [2.05, 4.69) is 10.0 Å². The minimum atomic E-state index is -1.09. The predicted octanol–water partition coefficient (Wildman–Crippen LogP) is 4.49. The molecule has 1 N–H and O–H groups in total. The van der Waals surface area contributed by atoms with E-state index >= 15 is 0 Å². The van der Waals surface area contributed by atoms with E-state index < -0.39 is 11.9 Å². The average molecular weight is 533 g/mol. The van der Waals surface area contributed by atoms with Crippen LogP contribution in [0.4, 0.5) is 5.69 Å². The SMILES string of the molecule is CC1=NN(c2cccc(C(=O)O)c2)C(=O)/C1=C\c1ccc(-c2ccc(Cl)c(C(=O)N3CCN(C)CC3)c2)o1. The summed E-state index contributed by atoms with van der Waals surface area (Å²) in [5.74, 6) is -0.648. The number of carboxylic acid groups (broad SMARTS) is 1. The molecule has 3 aromatic rings. The summed E-state index contributed by atoms with van der Waals surface area (Å²) in [6, 6.07) is 14.7. The van der Waals surface area contributed by atoms with Gasteiger partial charge in [-0.3, -0.25) is 9.59 Å². The largest absolute Gasteiger partial charge is 0.478 e. The molecule has 0 radical (unpaired) electrons. The summed E-state index contributed by atoms with van der Waals surface area (Å²) in [6.07, 6.45) is 1.60. The van der Waals surface area contributed by atoms with Crippen LogP contribution in [0.1, 0.15) is 33.4 Å². The van der Waals surface area contributed by atoms with Gasteiger partial charge in [-0.15, -0.1) is 0 Å². The van der Waals surface area contributed by atoms with E-state index in [1.165, 1.54) is 17.1 Å². The fourth-order valence-corrected chi connectivity index (χ4v) is 4.58. The Morgan fingerprint density at radius 1 is 1.05 bits per heavy atom. The van der Waals surface area contributed by atoms with Gasteiger partial charge in [0, 0.05) is 31.7 Å². The van der Waals surface area contributed by atoms with E-state index in [0.29, 0.717) is 57.7 Å². The number of hydrazone groups is 1. The number of likely N-dealkylation sites (N-methyl/N-ethyl adjacent to an activating group) is 1. The fourth-order valence-electron chi connectivity index (χ4n) is 4.38. The van der Waals surface area contributed by atoms with Crippen molar-refractivity contribution in [3.05, 3.63) is 82.1 Å². The molecular formula is C28H25ClN4O5. The second-order valence-electron chi connectivity index (χ2n) is 9.21. The molecule has 3 heterocycles. The van der Waals surface area contributed by atoms with E-state index in [4.69, 9.17) is 16.0 Å². The predicted molar refractivity (Wildman–Crippen MR) is 145 cm³/mol. The van der Waals surface area contributed by atoms with Crippen molar-refractivity contribution in [2.75, 3.05) is 38.2 Å². The lowest BCUT2D eigenvalue weighted by Gasteiger charge is -2.32. The average Bonchev–Trinajstić information content (AvgIpc) is 3.49. The Kier molecular flexibility index (Phi) is 6.88. The molecule has 0 unspecified atom stereocenters. The van der Waals surface area contributed by atoms with E-state index in [1.54, 1.807) is 60.4 Å². The van der Waals surface area contributed by atoms with Crippen LogP contribution in [0.2, 0.25) is 5.02 Å². The van der Waals surface area contributed by atoms with Crippen LogP contribution in [0.15, 0.2) is 69.7 Å². The van der Waals surface area contributed by atoms with Gasteiger partial charge >= 0.3 is 5.97 Å². The highest BCUT2D eigenvalue weighted by atomic mass is 35.5. The van der Waals surface area contributed by atoms with Crippen LogP contribution in [-0.4, -0.2) is 71.6 Å². The van der Waals surface area contributed by atoms with Crippen molar-refractivity contribution in [2.45, 2.75) is 6.92 Å². The Morgan fingerprint density at radius 3 is 2.55 bits per heavy atom. The standard InChI is InChI=1S/C28H25ClN4O5/c1-17-22(27(35)33(30-17)20-5-3-4-19(14-20)28(36)37)16-21-7-9-25(38-21)18-6-8-24(29)23(15-18)26(34)32-12-10-31(2)11-13-32/h3-9,14-16H,10-13H2,1-2H3,(H,36,37)/b22-16-. The van der Waals surface area contributed by atoms with Gasteiger partial charge < -0.3 is 19.3 Å². The number of aromatic carboxylic acids is 1. The van der Waals surface area contributed by atoms with Gasteiger partial charge in [-0.25, -0.2) is 4.79 Å². The molecule has 0 saturated carbocycles. The monoisotopic (exact) mass is 532 g/mol. The molecule has 2 amide bonds. The fraction of sp³-hybridized carbons (Fsp3) is 0.214. The molecular weight excluding hydrogens is 508 g/mol. The highest BCUT2D eigenvalue weighted by Crippen LogP contribution is 2.30. The van der Waals surface area contributed by atoms with Crippen LogP contribution >= 0.6 is 11.6 Å². The molecule has 2 aliphatic heterocycles. The number of rotatable bonds is 5. The molecule has 194 valence electrons. The van der Waals surface area contributed by atoms with Gasteiger partial charge in [0.05, 0.1) is 33.1 Å². The van der Waals surface area contributed by atoms with Crippen LogP contribution < -0.4 is 5.01 Å². The third kappa shape index (κ3) is 4.98. The van der Waals surface area contributed by atoms with Gasteiger partial charge in [-0.05, 0) is 68.6 Å². The highest BCUT2D eigenvalue weighted by molar-refractivity contribution is 6.34. The van der Waals surface area contributed by atoms with E-state index in [0.717, 1.165) is 13.1 Å². The third-order valence-corrected chi connectivity index (χ3v) is 6.91. The first-order valence-corrected chi connectivity index (χ1v) is 12.4. The Morgan fingerprint density at radius 2 is 1.82 bits per heavy atom. The second-order valence-corrected chi connectivity index (χ2v) is 9.62.